The molecular formula is C11H17N3O2. The van der Waals surface area contributed by atoms with E-state index in [1.807, 2.05) is 24.3 Å². The SMILES string of the molecule is COCc1cccc(NCC(N)C(N)=O)c1. The van der Waals surface area contributed by atoms with Gasteiger partial charge in [-0.05, 0) is 17.7 Å². The van der Waals surface area contributed by atoms with Crippen LogP contribution in [0.3, 0.4) is 0 Å². The van der Waals surface area contributed by atoms with Crippen molar-refractivity contribution in [1.82, 2.24) is 0 Å². The predicted molar refractivity (Wildman–Crippen MR) is 62.8 cm³/mol. The Hall–Kier alpha value is -1.59. The van der Waals surface area contributed by atoms with Crippen molar-refractivity contribution < 1.29 is 9.53 Å². The fourth-order valence-electron chi connectivity index (χ4n) is 1.27. The molecule has 1 unspecified atom stereocenters. The lowest BCUT2D eigenvalue weighted by molar-refractivity contribution is -0.118. The zero-order valence-corrected chi connectivity index (χ0v) is 9.27. The number of nitrogens with two attached hydrogens (primary N) is 2. The highest BCUT2D eigenvalue weighted by Gasteiger charge is 2.07. The van der Waals surface area contributed by atoms with Crippen LogP contribution >= 0.6 is 0 Å². The summed E-state index contributed by atoms with van der Waals surface area (Å²) in [5.41, 5.74) is 12.5. The summed E-state index contributed by atoms with van der Waals surface area (Å²) in [5.74, 6) is -0.513. The van der Waals surface area contributed by atoms with E-state index in [2.05, 4.69) is 5.32 Å². The first-order chi connectivity index (χ1) is 7.63. The van der Waals surface area contributed by atoms with Crippen molar-refractivity contribution >= 4 is 11.6 Å². The van der Waals surface area contributed by atoms with Crippen molar-refractivity contribution in [3.63, 3.8) is 0 Å². The van der Waals surface area contributed by atoms with Gasteiger partial charge in [0.05, 0.1) is 6.61 Å². The fraction of sp³-hybridized carbons (Fsp3) is 0.364. The Morgan fingerprint density at radius 3 is 2.94 bits per heavy atom. The van der Waals surface area contributed by atoms with Gasteiger partial charge in [-0.2, -0.15) is 0 Å². The van der Waals surface area contributed by atoms with Gasteiger partial charge in [-0.3, -0.25) is 4.79 Å². The fourth-order valence-corrected chi connectivity index (χ4v) is 1.27. The smallest absolute Gasteiger partial charge is 0.236 e. The lowest BCUT2D eigenvalue weighted by Crippen LogP contribution is -2.41. The lowest BCUT2D eigenvalue weighted by atomic mass is 10.2. The molecule has 0 saturated carbocycles. The Bertz CT molecular complexity index is 355. The van der Waals surface area contributed by atoms with E-state index in [0.717, 1.165) is 11.3 Å². The van der Waals surface area contributed by atoms with E-state index < -0.39 is 11.9 Å². The Morgan fingerprint density at radius 2 is 2.31 bits per heavy atom. The van der Waals surface area contributed by atoms with Crippen LogP contribution in [0.25, 0.3) is 0 Å². The first kappa shape index (κ1) is 12.5. The minimum Gasteiger partial charge on any atom is -0.383 e. The van der Waals surface area contributed by atoms with E-state index in [1.165, 1.54) is 0 Å². The minimum atomic E-state index is -0.675. The highest BCUT2D eigenvalue weighted by atomic mass is 16.5. The summed E-state index contributed by atoms with van der Waals surface area (Å²) in [6, 6.07) is 7.03. The third-order valence-corrected chi connectivity index (χ3v) is 2.13. The van der Waals surface area contributed by atoms with Crippen molar-refractivity contribution in [2.75, 3.05) is 19.0 Å². The number of primary amides is 1. The molecule has 5 heteroatoms. The topological polar surface area (TPSA) is 90.4 Å². The van der Waals surface area contributed by atoms with Crippen molar-refractivity contribution in [2.24, 2.45) is 11.5 Å². The summed E-state index contributed by atoms with van der Waals surface area (Å²) < 4.78 is 5.02. The summed E-state index contributed by atoms with van der Waals surface area (Å²) in [6.07, 6.45) is 0. The maximum atomic E-state index is 10.7. The Balaban J connectivity index is 2.53. The number of carbonyl (C=O) groups excluding carboxylic acids is 1. The van der Waals surface area contributed by atoms with Crippen LogP contribution < -0.4 is 16.8 Å². The molecule has 1 amide bonds. The Labute approximate surface area is 94.8 Å². The molecule has 0 bridgehead atoms. The van der Waals surface area contributed by atoms with Crippen molar-refractivity contribution in [3.05, 3.63) is 29.8 Å². The second kappa shape index (κ2) is 6.09. The van der Waals surface area contributed by atoms with E-state index in [1.54, 1.807) is 7.11 Å². The van der Waals surface area contributed by atoms with Gasteiger partial charge in [0, 0.05) is 19.3 Å². The molecule has 5 N–H and O–H groups in total. The molecule has 16 heavy (non-hydrogen) atoms. The first-order valence-corrected chi connectivity index (χ1v) is 5.00. The largest absolute Gasteiger partial charge is 0.383 e. The highest BCUT2D eigenvalue weighted by Crippen LogP contribution is 2.11. The molecule has 1 atom stereocenters. The lowest BCUT2D eigenvalue weighted by Gasteiger charge is -2.11. The number of methoxy groups -OCH3 is 1. The summed E-state index contributed by atoms with van der Waals surface area (Å²) in [7, 11) is 1.64. The molecule has 1 aromatic carbocycles. The van der Waals surface area contributed by atoms with Crippen LogP contribution in [0.2, 0.25) is 0 Å². The second-order valence-corrected chi connectivity index (χ2v) is 3.52. The number of carbonyl (C=O) groups is 1. The highest BCUT2D eigenvalue weighted by molar-refractivity contribution is 5.80. The maximum absolute atomic E-state index is 10.7. The number of amides is 1. The molecule has 0 heterocycles. The second-order valence-electron chi connectivity index (χ2n) is 3.52. The zero-order valence-electron chi connectivity index (χ0n) is 9.27. The van der Waals surface area contributed by atoms with Gasteiger partial charge in [0.25, 0.3) is 0 Å². The molecule has 0 fully saturated rings. The molecular weight excluding hydrogens is 206 g/mol. The van der Waals surface area contributed by atoms with Gasteiger partial charge in [-0.15, -0.1) is 0 Å². The number of anilines is 1. The molecule has 0 radical (unpaired) electrons. The van der Waals surface area contributed by atoms with E-state index in [4.69, 9.17) is 16.2 Å². The predicted octanol–water partition coefficient (Wildman–Crippen LogP) is 0.0575. The number of hydrogen-bond acceptors (Lipinski definition) is 4. The molecule has 0 aliphatic rings. The van der Waals surface area contributed by atoms with Gasteiger partial charge in [0.15, 0.2) is 0 Å². The number of nitrogens with one attached hydrogen (secondary N) is 1. The molecule has 0 saturated heterocycles. The summed E-state index contributed by atoms with van der Waals surface area (Å²) >= 11 is 0. The number of hydrogen-bond donors (Lipinski definition) is 3. The number of rotatable bonds is 6. The van der Waals surface area contributed by atoms with Crippen molar-refractivity contribution in [1.29, 1.82) is 0 Å². The van der Waals surface area contributed by atoms with Crippen LogP contribution in [0, 0.1) is 0 Å². The van der Waals surface area contributed by atoms with Gasteiger partial charge in [0.1, 0.15) is 6.04 Å². The number of benzene rings is 1. The van der Waals surface area contributed by atoms with Crippen LogP contribution in [0.1, 0.15) is 5.56 Å². The van der Waals surface area contributed by atoms with Crippen LogP contribution in [-0.2, 0) is 16.1 Å². The number of ether oxygens (including phenoxy) is 1. The van der Waals surface area contributed by atoms with Crippen molar-refractivity contribution in [2.45, 2.75) is 12.6 Å². The summed E-state index contributed by atoms with van der Waals surface area (Å²) in [6.45, 7) is 0.878. The van der Waals surface area contributed by atoms with E-state index in [9.17, 15) is 4.79 Å². The van der Waals surface area contributed by atoms with Gasteiger partial charge in [0.2, 0.25) is 5.91 Å². The molecule has 1 rings (SSSR count). The molecule has 1 aromatic rings. The monoisotopic (exact) mass is 223 g/mol. The molecule has 0 aliphatic carbocycles. The minimum absolute atomic E-state index is 0.325. The third-order valence-electron chi connectivity index (χ3n) is 2.13. The zero-order chi connectivity index (χ0) is 12.0. The average Bonchev–Trinajstić information content (AvgIpc) is 2.26. The van der Waals surface area contributed by atoms with Crippen molar-refractivity contribution in [3.8, 4) is 0 Å². The van der Waals surface area contributed by atoms with E-state index in [0.29, 0.717) is 13.2 Å². The standard InChI is InChI=1S/C11H17N3O2/c1-16-7-8-3-2-4-9(5-8)14-6-10(12)11(13)15/h2-5,10,14H,6-7,12H2,1H3,(H2,13,15). The van der Waals surface area contributed by atoms with Crippen LogP contribution in [0.15, 0.2) is 24.3 Å². The van der Waals surface area contributed by atoms with Gasteiger partial charge >= 0.3 is 0 Å². The summed E-state index contributed by atoms with van der Waals surface area (Å²) in [4.78, 5) is 10.7. The average molecular weight is 223 g/mol. The normalized spacial score (nSPS) is 12.1. The van der Waals surface area contributed by atoms with Gasteiger partial charge in [-0.1, -0.05) is 12.1 Å². The van der Waals surface area contributed by atoms with E-state index >= 15 is 0 Å². The van der Waals surface area contributed by atoms with Crippen LogP contribution in [0.4, 0.5) is 5.69 Å². The van der Waals surface area contributed by atoms with Crippen LogP contribution in [0.5, 0.6) is 0 Å². The quantitative estimate of drug-likeness (QED) is 0.636. The molecule has 5 nitrogen and oxygen atoms in total. The van der Waals surface area contributed by atoms with Crippen LogP contribution in [-0.4, -0.2) is 25.6 Å². The molecule has 0 spiro atoms. The molecule has 88 valence electrons. The third kappa shape index (κ3) is 3.88. The van der Waals surface area contributed by atoms with Gasteiger partial charge < -0.3 is 21.5 Å². The Morgan fingerprint density at radius 1 is 1.56 bits per heavy atom. The molecule has 0 aliphatic heterocycles. The Kier molecular flexibility index (Phi) is 4.75. The maximum Gasteiger partial charge on any atom is 0.236 e. The molecule has 0 aromatic heterocycles. The summed E-state index contributed by atoms with van der Waals surface area (Å²) in [5, 5.41) is 3.04. The van der Waals surface area contributed by atoms with E-state index in [-0.39, 0.29) is 0 Å². The first-order valence-electron chi connectivity index (χ1n) is 5.00. The van der Waals surface area contributed by atoms with Gasteiger partial charge in [-0.25, -0.2) is 0 Å².